The standard InChI is InChI=1S/C17H12N4O/c22-17-13-9-10-15(14-8-4-5-11-18-14)19-16(13)20-21(17)12-6-2-1-3-7-12/h1-11H,(H,19,20). The molecule has 3 aromatic heterocycles. The van der Waals surface area contributed by atoms with Gasteiger partial charge in [0.25, 0.3) is 5.56 Å². The van der Waals surface area contributed by atoms with Gasteiger partial charge in [-0.3, -0.25) is 14.9 Å². The molecule has 0 aliphatic rings. The Balaban J connectivity index is 1.90. The molecular weight excluding hydrogens is 276 g/mol. The van der Waals surface area contributed by atoms with Gasteiger partial charge in [0.15, 0.2) is 5.65 Å². The first-order valence-corrected chi connectivity index (χ1v) is 6.91. The van der Waals surface area contributed by atoms with Gasteiger partial charge in [0, 0.05) is 6.20 Å². The van der Waals surface area contributed by atoms with Crippen molar-refractivity contribution >= 4 is 11.0 Å². The van der Waals surface area contributed by atoms with Crippen molar-refractivity contribution in [1.82, 2.24) is 19.7 Å². The first kappa shape index (κ1) is 12.5. The zero-order valence-electron chi connectivity index (χ0n) is 11.6. The third kappa shape index (κ3) is 2.00. The third-order valence-corrected chi connectivity index (χ3v) is 3.49. The predicted octanol–water partition coefficient (Wildman–Crippen LogP) is 2.78. The minimum absolute atomic E-state index is 0.110. The molecule has 5 heteroatoms. The Morgan fingerprint density at radius 2 is 1.68 bits per heavy atom. The summed E-state index contributed by atoms with van der Waals surface area (Å²) >= 11 is 0. The Kier molecular flexibility index (Phi) is 2.83. The second kappa shape index (κ2) is 4.96. The van der Waals surface area contributed by atoms with Gasteiger partial charge in [-0.05, 0) is 36.4 Å². The summed E-state index contributed by atoms with van der Waals surface area (Å²) in [5.41, 5.74) is 2.73. The number of aromatic nitrogens is 4. The van der Waals surface area contributed by atoms with Crippen molar-refractivity contribution in [3.63, 3.8) is 0 Å². The molecule has 0 saturated carbocycles. The highest BCUT2D eigenvalue weighted by Gasteiger charge is 2.10. The highest BCUT2D eigenvalue weighted by Crippen LogP contribution is 2.17. The Morgan fingerprint density at radius 1 is 0.864 bits per heavy atom. The van der Waals surface area contributed by atoms with Crippen LogP contribution in [-0.2, 0) is 0 Å². The van der Waals surface area contributed by atoms with E-state index in [0.29, 0.717) is 11.0 Å². The Morgan fingerprint density at radius 3 is 2.45 bits per heavy atom. The van der Waals surface area contributed by atoms with E-state index in [1.54, 1.807) is 12.3 Å². The molecule has 0 amide bonds. The number of nitrogens with zero attached hydrogens (tertiary/aromatic N) is 3. The number of H-pyrrole nitrogens is 1. The minimum Gasteiger partial charge on any atom is -0.274 e. The fraction of sp³-hybridized carbons (Fsp3) is 0. The molecule has 0 spiro atoms. The molecule has 0 unspecified atom stereocenters. The molecule has 5 nitrogen and oxygen atoms in total. The molecule has 4 rings (SSSR count). The maximum atomic E-state index is 12.5. The summed E-state index contributed by atoms with van der Waals surface area (Å²) in [4.78, 5) is 21.2. The lowest BCUT2D eigenvalue weighted by molar-refractivity contribution is 0.858. The van der Waals surface area contributed by atoms with Crippen LogP contribution in [0.1, 0.15) is 0 Å². The van der Waals surface area contributed by atoms with Crippen molar-refractivity contribution in [2.24, 2.45) is 0 Å². The summed E-state index contributed by atoms with van der Waals surface area (Å²) in [5.74, 6) is 0. The molecule has 0 fully saturated rings. The monoisotopic (exact) mass is 288 g/mol. The molecule has 1 aromatic carbocycles. The van der Waals surface area contributed by atoms with Crippen molar-refractivity contribution in [1.29, 1.82) is 0 Å². The van der Waals surface area contributed by atoms with Crippen molar-refractivity contribution in [2.45, 2.75) is 0 Å². The first-order chi connectivity index (χ1) is 10.8. The fourth-order valence-electron chi connectivity index (χ4n) is 2.41. The lowest BCUT2D eigenvalue weighted by Gasteiger charge is -1.99. The van der Waals surface area contributed by atoms with Crippen LogP contribution in [-0.4, -0.2) is 19.7 Å². The van der Waals surface area contributed by atoms with Crippen molar-refractivity contribution in [2.75, 3.05) is 0 Å². The highest BCUT2D eigenvalue weighted by molar-refractivity contribution is 5.77. The van der Waals surface area contributed by atoms with Crippen molar-refractivity contribution < 1.29 is 0 Å². The number of pyridine rings is 2. The van der Waals surface area contributed by atoms with Gasteiger partial charge in [-0.15, -0.1) is 0 Å². The van der Waals surface area contributed by atoms with Crippen molar-refractivity contribution in [3.8, 4) is 17.1 Å². The lowest BCUT2D eigenvalue weighted by Crippen LogP contribution is -2.13. The molecule has 22 heavy (non-hydrogen) atoms. The maximum Gasteiger partial charge on any atom is 0.280 e. The number of para-hydroxylation sites is 1. The van der Waals surface area contributed by atoms with Crippen LogP contribution >= 0.6 is 0 Å². The number of benzene rings is 1. The topological polar surface area (TPSA) is 63.6 Å². The second-order valence-corrected chi connectivity index (χ2v) is 4.90. The van der Waals surface area contributed by atoms with Gasteiger partial charge in [0.2, 0.25) is 0 Å². The maximum absolute atomic E-state index is 12.5. The van der Waals surface area contributed by atoms with E-state index >= 15 is 0 Å². The Hall–Kier alpha value is -3.21. The van der Waals surface area contributed by atoms with Crippen LogP contribution in [0, 0.1) is 0 Å². The van der Waals surface area contributed by atoms with E-state index in [-0.39, 0.29) is 5.56 Å². The summed E-state index contributed by atoms with van der Waals surface area (Å²) < 4.78 is 1.50. The van der Waals surface area contributed by atoms with E-state index in [9.17, 15) is 4.79 Å². The molecule has 1 N–H and O–H groups in total. The molecule has 0 aliphatic carbocycles. The van der Waals surface area contributed by atoms with Gasteiger partial charge in [-0.1, -0.05) is 24.3 Å². The molecule has 3 heterocycles. The number of rotatable bonds is 2. The van der Waals surface area contributed by atoms with Crippen LogP contribution in [0.5, 0.6) is 0 Å². The lowest BCUT2D eigenvalue weighted by atomic mass is 10.2. The second-order valence-electron chi connectivity index (χ2n) is 4.90. The number of hydrogen-bond acceptors (Lipinski definition) is 3. The summed E-state index contributed by atoms with van der Waals surface area (Å²) in [7, 11) is 0. The highest BCUT2D eigenvalue weighted by atomic mass is 16.1. The number of nitrogens with one attached hydrogen (secondary N) is 1. The van der Waals surface area contributed by atoms with E-state index in [2.05, 4.69) is 15.1 Å². The van der Waals surface area contributed by atoms with Crippen LogP contribution < -0.4 is 5.56 Å². The molecule has 106 valence electrons. The first-order valence-electron chi connectivity index (χ1n) is 6.91. The molecule has 0 bridgehead atoms. The van der Waals surface area contributed by atoms with Gasteiger partial charge in [-0.25, -0.2) is 9.67 Å². The van der Waals surface area contributed by atoms with E-state index in [0.717, 1.165) is 17.1 Å². The van der Waals surface area contributed by atoms with Gasteiger partial charge < -0.3 is 0 Å². The predicted molar refractivity (Wildman–Crippen MR) is 84.9 cm³/mol. The SMILES string of the molecule is O=c1c2ccc(-c3ccccn3)nc2[nH]n1-c1ccccc1. The molecule has 0 aliphatic heterocycles. The van der Waals surface area contributed by atoms with Crippen molar-refractivity contribution in [3.05, 3.63) is 77.2 Å². The van der Waals surface area contributed by atoms with Gasteiger partial charge in [0.1, 0.15) is 0 Å². The molecule has 0 atom stereocenters. The summed E-state index contributed by atoms with van der Waals surface area (Å²) in [6, 6.07) is 18.7. The number of aromatic amines is 1. The third-order valence-electron chi connectivity index (χ3n) is 3.49. The van der Waals surface area contributed by atoms with Crippen LogP contribution in [0.15, 0.2) is 71.7 Å². The fourth-order valence-corrected chi connectivity index (χ4v) is 2.41. The smallest absolute Gasteiger partial charge is 0.274 e. The van der Waals surface area contributed by atoms with Crippen LogP contribution in [0.25, 0.3) is 28.1 Å². The van der Waals surface area contributed by atoms with E-state index in [1.807, 2.05) is 54.6 Å². The average Bonchev–Trinajstić information content (AvgIpc) is 2.93. The van der Waals surface area contributed by atoms with Gasteiger partial charge in [-0.2, -0.15) is 0 Å². The van der Waals surface area contributed by atoms with E-state index in [1.165, 1.54) is 4.68 Å². The zero-order valence-corrected chi connectivity index (χ0v) is 11.6. The quantitative estimate of drug-likeness (QED) is 0.617. The number of fused-ring (bicyclic) bond motifs is 1. The normalized spacial score (nSPS) is 10.9. The van der Waals surface area contributed by atoms with Gasteiger partial charge in [0.05, 0.1) is 22.5 Å². The Bertz CT molecular complexity index is 988. The van der Waals surface area contributed by atoms with E-state index in [4.69, 9.17) is 0 Å². The minimum atomic E-state index is -0.110. The van der Waals surface area contributed by atoms with Crippen LogP contribution in [0.4, 0.5) is 0 Å². The largest absolute Gasteiger partial charge is 0.280 e. The van der Waals surface area contributed by atoms with Gasteiger partial charge >= 0.3 is 0 Å². The molecular formula is C17H12N4O. The summed E-state index contributed by atoms with van der Waals surface area (Å²) in [5, 5.41) is 3.61. The molecule has 0 radical (unpaired) electrons. The summed E-state index contributed by atoms with van der Waals surface area (Å²) in [6.45, 7) is 0. The summed E-state index contributed by atoms with van der Waals surface area (Å²) in [6.07, 6.45) is 1.72. The van der Waals surface area contributed by atoms with Crippen LogP contribution in [0.3, 0.4) is 0 Å². The average molecular weight is 288 g/mol. The zero-order chi connectivity index (χ0) is 14.9. The molecule has 4 aromatic rings. The van der Waals surface area contributed by atoms with E-state index < -0.39 is 0 Å². The van der Waals surface area contributed by atoms with Crippen LogP contribution in [0.2, 0.25) is 0 Å². The molecule has 0 saturated heterocycles. The number of hydrogen-bond donors (Lipinski definition) is 1. The Labute approximate surface area is 125 Å².